The number of hydrogen-bond donors (Lipinski definition) is 0. The summed E-state index contributed by atoms with van der Waals surface area (Å²) in [4.78, 5) is 8.25. The summed E-state index contributed by atoms with van der Waals surface area (Å²) < 4.78 is 0. The first-order valence-electron chi connectivity index (χ1n) is 0.548. The van der Waals surface area contributed by atoms with Gasteiger partial charge in [-0.15, -0.1) is 0 Å². The van der Waals surface area contributed by atoms with Gasteiger partial charge < -0.3 is 15.3 Å². The normalized spacial score (nSPS) is 4.00. The zero-order valence-electron chi connectivity index (χ0n) is 2.99. The monoisotopic (exact) mass is 143 g/mol. The topological polar surface area (TPSA) is 66.2 Å². The molecule has 0 fully saturated rings. The van der Waals surface area contributed by atoms with Crippen molar-refractivity contribution in [2.75, 3.05) is 0 Å². The molecular weight excluding hydrogens is 144 g/mol. The van der Waals surface area contributed by atoms with Crippen LogP contribution in [0.2, 0.25) is 0 Å². The van der Waals surface area contributed by atoms with Gasteiger partial charge in [0.15, 0.2) is 0 Å². The maximum absolute atomic E-state index is 8.25. The van der Waals surface area contributed by atoms with E-state index in [-0.39, 0.29) is 46.0 Å². The van der Waals surface area contributed by atoms with Crippen LogP contribution in [0.5, 0.6) is 0 Å². The van der Waals surface area contributed by atoms with E-state index in [1.807, 2.05) is 0 Å². The zero-order chi connectivity index (χ0) is 3.58. The molecule has 6 heavy (non-hydrogen) atoms. The average molecular weight is 144 g/mol. The summed E-state index contributed by atoms with van der Waals surface area (Å²) >= 11 is 0. The van der Waals surface area contributed by atoms with Gasteiger partial charge in [-0.2, -0.15) is 0 Å². The van der Waals surface area contributed by atoms with E-state index < -0.39 is 5.09 Å². The summed E-state index contributed by atoms with van der Waals surface area (Å²) in [5.41, 5.74) is 0. The second-order valence-corrected chi connectivity index (χ2v) is 0.224. The largest absolute Gasteiger partial charge is 1.00 e. The SMILES string of the molecule is O=[N+]([O-])[O-].[Na+].[Ni]. The Balaban J connectivity index is -0.0000000450. The first kappa shape index (κ1) is 15.9. The first-order valence-corrected chi connectivity index (χ1v) is 0.548. The number of hydrogen-bond acceptors (Lipinski definition) is 3. The van der Waals surface area contributed by atoms with E-state index in [1.165, 1.54) is 0 Å². The third kappa shape index (κ3) is 133. The van der Waals surface area contributed by atoms with Crippen LogP contribution in [-0.4, -0.2) is 5.09 Å². The van der Waals surface area contributed by atoms with Crippen molar-refractivity contribution in [2.24, 2.45) is 0 Å². The predicted molar refractivity (Wildman–Crippen MR) is 10.4 cm³/mol. The molecule has 0 radical (unpaired) electrons. The quantitative estimate of drug-likeness (QED) is 0.204. The first-order chi connectivity index (χ1) is 1.73. The maximum Gasteiger partial charge on any atom is 1.00 e. The summed E-state index contributed by atoms with van der Waals surface area (Å²) in [6, 6.07) is 0. The molecule has 0 atom stereocenters. The second-order valence-electron chi connectivity index (χ2n) is 0.224. The van der Waals surface area contributed by atoms with Crippen molar-refractivity contribution in [3.8, 4) is 0 Å². The van der Waals surface area contributed by atoms with Crippen LogP contribution in [0, 0.1) is 15.3 Å². The van der Waals surface area contributed by atoms with Gasteiger partial charge in [-0.05, 0) is 0 Å². The van der Waals surface area contributed by atoms with Crippen LogP contribution >= 0.6 is 0 Å². The molecule has 0 amide bonds. The van der Waals surface area contributed by atoms with Crippen molar-refractivity contribution < 1.29 is 51.1 Å². The van der Waals surface area contributed by atoms with E-state index in [4.69, 9.17) is 15.3 Å². The Morgan fingerprint density at radius 1 is 1.33 bits per heavy atom. The smallest absolute Gasteiger partial charge is 0.356 e. The van der Waals surface area contributed by atoms with E-state index in [1.54, 1.807) is 0 Å². The average Bonchev–Trinajstić information content (AvgIpc) is 0.811. The van der Waals surface area contributed by atoms with E-state index in [0.717, 1.165) is 0 Å². The maximum atomic E-state index is 8.25. The third-order valence-electron chi connectivity index (χ3n) is 0. The Morgan fingerprint density at radius 3 is 1.33 bits per heavy atom. The Bertz CT molecular complexity index is 33.8. The Morgan fingerprint density at radius 2 is 1.33 bits per heavy atom. The minimum atomic E-state index is -1.75. The summed E-state index contributed by atoms with van der Waals surface area (Å²) in [6.45, 7) is 0. The fourth-order valence-electron chi connectivity index (χ4n) is 0. The van der Waals surface area contributed by atoms with Gasteiger partial charge >= 0.3 is 29.6 Å². The van der Waals surface area contributed by atoms with Crippen LogP contribution in [0.3, 0.4) is 0 Å². The van der Waals surface area contributed by atoms with Crippen LogP contribution in [-0.2, 0) is 16.5 Å². The van der Waals surface area contributed by atoms with E-state index in [0.29, 0.717) is 0 Å². The molecule has 0 rings (SSSR count). The van der Waals surface area contributed by atoms with Crippen molar-refractivity contribution in [2.45, 2.75) is 0 Å². The predicted octanol–water partition coefficient (Wildman–Crippen LogP) is -3.24. The molecule has 6 heteroatoms. The molecule has 0 aliphatic heterocycles. The summed E-state index contributed by atoms with van der Waals surface area (Å²) in [5, 5.41) is 14.8. The summed E-state index contributed by atoms with van der Waals surface area (Å²) in [7, 11) is 0. The van der Waals surface area contributed by atoms with Crippen molar-refractivity contribution in [1.82, 2.24) is 0 Å². The minimum Gasteiger partial charge on any atom is -0.356 e. The van der Waals surface area contributed by atoms with Crippen LogP contribution in [0.25, 0.3) is 0 Å². The van der Waals surface area contributed by atoms with Gasteiger partial charge in [0, 0.05) is 16.5 Å². The molecule has 0 aliphatic rings. The molecular formula is NNaNiO3. The zero-order valence-corrected chi connectivity index (χ0v) is 5.98. The molecule has 0 unspecified atom stereocenters. The summed E-state index contributed by atoms with van der Waals surface area (Å²) in [5.74, 6) is 0. The molecule has 0 N–H and O–H groups in total. The van der Waals surface area contributed by atoms with Crippen molar-refractivity contribution in [1.29, 1.82) is 0 Å². The van der Waals surface area contributed by atoms with Crippen molar-refractivity contribution in [3.05, 3.63) is 15.3 Å². The van der Waals surface area contributed by atoms with Crippen LogP contribution in [0.15, 0.2) is 0 Å². The molecule has 0 spiro atoms. The standard InChI is InChI=1S/NO3.Na.Ni/c2-1(3)4;;/q-1;+1;. The van der Waals surface area contributed by atoms with Gasteiger partial charge in [0.1, 0.15) is 0 Å². The Labute approximate surface area is 66.2 Å². The van der Waals surface area contributed by atoms with Crippen LogP contribution in [0.1, 0.15) is 0 Å². The minimum absolute atomic E-state index is 0. The van der Waals surface area contributed by atoms with E-state index in [2.05, 4.69) is 0 Å². The molecule has 0 aliphatic carbocycles. The van der Waals surface area contributed by atoms with Crippen LogP contribution in [0.4, 0.5) is 0 Å². The third-order valence-corrected chi connectivity index (χ3v) is 0. The van der Waals surface area contributed by atoms with Crippen molar-refractivity contribution >= 4 is 0 Å². The number of rotatable bonds is 0. The van der Waals surface area contributed by atoms with Gasteiger partial charge in [0.05, 0.1) is 5.09 Å². The van der Waals surface area contributed by atoms with Crippen molar-refractivity contribution in [3.63, 3.8) is 0 Å². The Hall–Kier alpha value is 0.694. The molecule has 0 bridgehead atoms. The van der Waals surface area contributed by atoms with Gasteiger partial charge in [-0.3, -0.25) is 0 Å². The fraction of sp³-hybridized carbons (Fsp3) is 0. The fourth-order valence-corrected chi connectivity index (χ4v) is 0. The van der Waals surface area contributed by atoms with E-state index in [9.17, 15) is 0 Å². The van der Waals surface area contributed by atoms with Gasteiger partial charge in [0.2, 0.25) is 0 Å². The molecule has 4 nitrogen and oxygen atoms in total. The molecule has 34 valence electrons. The molecule has 0 saturated carbocycles. The molecule has 0 aromatic heterocycles. The number of nitrogens with zero attached hydrogens (tertiary/aromatic N) is 1. The second kappa shape index (κ2) is 9.19. The molecule has 0 aromatic rings. The Kier molecular flexibility index (Phi) is 24.4. The molecule has 0 aromatic carbocycles. The van der Waals surface area contributed by atoms with Gasteiger partial charge in [0.25, 0.3) is 0 Å². The van der Waals surface area contributed by atoms with E-state index >= 15 is 0 Å². The molecule has 0 heterocycles. The molecule has 0 saturated heterocycles. The summed E-state index contributed by atoms with van der Waals surface area (Å²) in [6.07, 6.45) is 0. The van der Waals surface area contributed by atoms with Gasteiger partial charge in [-0.1, -0.05) is 0 Å². The van der Waals surface area contributed by atoms with Crippen LogP contribution < -0.4 is 29.6 Å². The van der Waals surface area contributed by atoms with Gasteiger partial charge in [-0.25, -0.2) is 0 Å².